The Balaban J connectivity index is 1.88. The number of hydrogen-bond donors (Lipinski definition) is 0. The van der Waals surface area contributed by atoms with Gasteiger partial charge in [0.2, 0.25) is 0 Å². The van der Waals surface area contributed by atoms with E-state index >= 15 is 0 Å². The Morgan fingerprint density at radius 1 is 1.17 bits per heavy atom. The molecule has 30 heavy (non-hydrogen) atoms. The van der Waals surface area contributed by atoms with E-state index in [-0.39, 0.29) is 0 Å². The van der Waals surface area contributed by atoms with Crippen molar-refractivity contribution < 1.29 is 13.9 Å². The first-order valence-corrected chi connectivity index (χ1v) is 10.5. The summed E-state index contributed by atoms with van der Waals surface area (Å²) < 4.78 is 26.9. The maximum atomic E-state index is 13.5. The van der Waals surface area contributed by atoms with Crippen molar-refractivity contribution in [3.8, 4) is 28.4 Å². The van der Waals surface area contributed by atoms with Crippen LogP contribution in [0.25, 0.3) is 22.6 Å². The van der Waals surface area contributed by atoms with Crippen LogP contribution in [0.15, 0.2) is 30.3 Å². The Labute approximate surface area is 180 Å². The normalized spacial score (nSPS) is 16.2. The highest BCUT2D eigenvalue weighted by Crippen LogP contribution is 2.35. The summed E-state index contributed by atoms with van der Waals surface area (Å²) in [5, 5.41) is 0.524. The summed E-state index contributed by atoms with van der Waals surface area (Å²) in [6.45, 7) is 6.73. The number of ether oxygens (including phenoxy) is 2. The highest BCUT2D eigenvalue weighted by atomic mass is 35.5. The Morgan fingerprint density at radius 3 is 2.60 bits per heavy atom. The van der Waals surface area contributed by atoms with E-state index in [9.17, 15) is 4.39 Å². The Bertz CT molecular complexity index is 1050. The molecule has 2 aromatic heterocycles. The van der Waals surface area contributed by atoms with Crippen LogP contribution < -0.4 is 4.74 Å². The molecule has 3 aromatic rings. The van der Waals surface area contributed by atoms with Gasteiger partial charge in [-0.3, -0.25) is 4.98 Å². The van der Waals surface area contributed by atoms with Gasteiger partial charge in [0.15, 0.2) is 0 Å². The summed E-state index contributed by atoms with van der Waals surface area (Å²) >= 11 is 6.44. The first kappa shape index (κ1) is 20.8. The SMILES string of the molecule is CCOc1ccc(-c2nc(-c3cc(C)nc(C)c3)c3n2CC(CF)OCC3)cc1Cl. The minimum atomic E-state index is -0.538. The molecule has 0 radical (unpaired) electrons. The number of aryl methyl sites for hydroxylation is 2. The van der Waals surface area contributed by atoms with E-state index < -0.39 is 12.8 Å². The first-order valence-electron chi connectivity index (χ1n) is 10.2. The zero-order valence-corrected chi connectivity index (χ0v) is 18.2. The quantitative estimate of drug-likeness (QED) is 0.560. The molecule has 4 rings (SSSR count). The number of imidazole rings is 1. The molecule has 0 N–H and O–H groups in total. The topological polar surface area (TPSA) is 49.2 Å². The second-order valence-electron chi connectivity index (χ2n) is 7.46. The van der Waals surface area contributed by atoms with Gasteiger partial charge in [-0.05, 0) is 51.1 Å². The predicted molar refractivity (Wildman–Crippen MR) is 116 cm³/mol. The van der Waals surface area contributed by atoms with E-state index in [0.29, 0.717) is 37.0 Å². The molecule has 0 aliphatic carbocycles. The number of nitrogens with zero attached hydrogens (tertiary/aromatic N) is 3. The van der Waals surface area contributed by atoms with Gasteiger partial charge in [0.05, 0.1) is 30.5 Å². The largest absolute Gasteiger partial charge is 0.492 e. The van der Waals surface area contributed by atoms with Gasteiger partial charge >= 0.3 is 0 Å². The molecule has 3 heterocycles. The fraction of sp³-hybridized carbons (Fsp3) is 0.391. The molecular formula is C23H25ClFN3O2. The van der Waals surface area contributed by atoms with Crippen LogP contribution in [0.4, 0.5) is 4.39 Å². The van der Waals surface area contributed by atoms with E-state index in [0.717, 1.165) is 39.7 Å². The number of halogens is 2. The highest BCUT2D eigenvalue weighted by Gasteiger charge is 2.26. The number of alkyl halides is 1. The van der Waals surface area contributed by atoms with Crippen LogP contribution in [0.5, 0.6) is 5.75 Å². The van der Waals surface area contributed by atoms with Crippen molar-refractivity contribution in [2.45, 2.75) is 39.8 Å². The second kappa shape index (κ2) is 8.74. The third kappa shape index (κ3) is 4.07. The maximum absolute atomic E-state index is 13.5. The van der Waals surface area contributed by atoms with Crippen LogP contribution in [0.3, 0.4) is 0 Å². The molecular weight excluding hydrogens is 405 g/mol. The monoisotopic (exact) mass is 429 g/mol. The average molecular weight is 430 g/mol. The maximum Gasteiger partial charge on any atom is 0.141 e. The van der Waals surface area contributed by atoms with Crippen LogP contribution in [0.2, 0.25) is 5.02 Å². The van der Waals surface area contributed by atoms with E-state index in [1.54, 1.807) is 0 Å². The lowest BCUT2D eigenvalue weighted by molar-refractivity contribution is 0.0355. The summed E-state index contributed by atoms with van der Waals surface area (Å²) in [6.07, 6.45) is 0.162. The Morgan fingerprint density at radius 2 is 1.93 bits per heavy atom. The molecule has 0 amide bonds. The molecule has 0 bridgehead atoms. The van der Waals surface area contributed by atoms with Crippen molar-refractivity contribution in [1.29, 1.82) is 0 Å². The van der Waals surface area contributed by atoms with Gasteiger partial charge < -0.3 is 14.0 Å². The minimum Gasteiger partial charge on any atom is -0.492 e. The van der Waals surface area contributed by atoms with Gasteiger partial charge in [0, 0.05) is 34.6 Å². The fourth-order valence-corrected chi connectivity index (χ4v) is 4.18. The summed E-state index contributed by atoms with van der Waals surface area (Å²) in [7, 11) is 0. The number of aromatic nitrogens is 3. The van der Waals surface area contributed by atoms with Crippen LogP contribution in [-0.4, -0.2) is 40.5 Å². The highest BCUT2D eigenvalue weighted by molar-refractivity contribution is 6.32. The number of hydrogen-bond acceptors (Lipinski definition) is 4. The van der Waals surface area contributed by atoms with Gasteiger partial charge in [0.1, 0.15) is 24.4 Å². The van der Waals surface area contributed by atoms with Gasteiger partial charge in [-0.1, -0.05) is 11.6 Å². The predicted octanol–water partition coefficient (Wildman–Crippen LogP) is 5.19. The van der Waals surface area contributed by atoms with Crippen LogP contribution in [0, 0.1) is 13.8 Å². The number of rotatable bonds is 5. The first-order chi connectivity index (χ1) is 14.5. The minimum absolute atomic E-state index is 0.405. The standard InChI is InChI=1S/C23H25ClFN3O2/c1-4-29-21-6-5-16(11-19(21)24)23-27-22(17-9-14(2)26-15(3)10-17)20-7-8-30-18(12-25)13-28(20)23/h5-6,9-11,18H,4,7-8,12-13H2,1-3H3. The van der Waals surface area contributed by atoms with Crippen LogP contribution in [0.1, 0.15) is 24.0 Å². The molecule has 0 saturated carbocycles. The Hall–Kier alpha value is -2.44. The van der Waals surface area contributed by atoms with E-state index in [1.165, 1.54) is 0 Å². The number of pyridine rings is 1. The second-order valence-corrected chi connectivity index (χ2v) is 7.86. The third-order valence-electron chi connectivity index (χ3n) is 5.17. The number of benzene rings is 1. The van der Waals surface area contributed by atoms with Crippen molar-refractivity contribution in [3.05, 3.63) is 52.4 Å². The van der Waals surface area contributed by atoms with Gasteiger partial charge in [-0.25, -0.2) is 9.37 Å². The van der Waals surface area contributed by atoms with Crippen LogP contribution in [-0.2, 0) is 17.7 Å². The summed E-state index contributed by atoms with van der Waals surface area (Å²) in [4.78, 5) is 9.48. The van der Waals surface area contributed by atoms with Crippen molar-refractivity contribution >= 4 is 11.6 Å². The van der Waals surface area contributed by atoms with E-state index in [2.05, 4.69) is 9.55 Å². The molecule has 5 nitrogen and oxygen atoms in total. The lowest BCUT2D eigenvalue weighted by Gasteiger charge is -2.14. The Kier molecular flexibility index (Phi) is 6.06. The smallest absolute Gasteiger partial charge is 0.141 e. The summed E-state index contributed by atoms with van der Waals surface area (Å²) in [6, 6.07) is 9.71. The fourth-order valence-electron chi connectivity index (χ4n) is 3.94. The molecule has 7 heteroatoms. The van der Waals surface area contributed by atoms with Gasteiger partial charge in [-0.2, -0.15) is 0 Å². The van der Waals surface area contributed by atoms with Gasteiger partial charge in [-0.15, -0.1) is 0 Å². The molecule has 0 spiro atoms. The molecule has 0 fully saturated rings. The van der Waals surface area contributed by atoms with E-state index in [1.807, 2.05) is 51.1 Å². The molecule has 1 aromatic carbocycles. The van der Waals surface area contributed by atoms with Crippen molar-refractivity contribution in [3.63, 3.8) is 0 Å². The molecule has 1 aliphatic rings. The van der Waals surface area contributed by atoms with Crippen LogP contribution >= 0.6 is 11.6 Å². The summed E-state index contributed by atoms with van der Waals surface area (Å²) in [5.74, 6) is 1.39. The zero-order valence-electron chi connectivity index (χ0n) is 17.4. The number of fused-ring (bicyclic) bond motifs is 1. The lowest BCUT2D eigenvalue weighted by atomic mass is 10.1. The van der Waals surface area contributed by atoms with Crippen molar-refractivity contribution in [2.75, 3.05) is 19.9 Å². The van der Waals surface area contributed by atoms with Crippen molar-refractivity contribution in [2.24, 2.45) is 0 Å². The van der Waals surface area contributed by atoms with Crippen molar-refractivity contribution in [1.82, 2.24) is 14.5 Å². The molecule has 158 valence electrons. The molecule has 1 atom stereocenters. The average Bonchev–Trinajstić information content (AvgIpc) is 2.92. The van der Waals surface area contributed by atoms with Gasteiger partial charge in [0.25, 0.3) is 0 Å². The summed E-state index contributed by atoms with van der Waals surface area (Å²) in [5.41, 5.74) is 5.65. The molecule has 0 saturated heterocycles. The lowest BCUT2D eigenvalue weighted by Crippen LogP contribution is -2.21. The van der Waals surface area contributed by atoms with E-state index in [4.69, 9.17) is 26.1 Å². The third-order valence-corrected chi connectivity index (χ3v) is 5.46. The zero-order chi connectivity index (χ0) is 21.3. The molecule has 1 unspecified atom stereocenters. The molecule has 1 aliphatic heterocycles.